The number of anilines is 1. The van der Waals surface area contributed by atoms with Crippen LogP contribution in [-0.4, -0.2) is 33.4 Å². The second-order valence-corrected chi connectivity index (χ2v) is 8.79. The van der Waals surface area contributed by atoms with E-state index in [4.69, 9.17) is 28.6 Å². The first-order chi connectivity index (χ1) is 13.8. The Bertz CT molecular complexity index is 954. The van der Waals surface area contributed by atoms with Crippen molar-refractivity contribution in [3.05, 3.63) is 32.9 Å². The van der Waals surface area contributed by atoms with Crippen molar-refractivity contribution in [2.75, 3.05) is 11.9 Å². The van der Waals surface area contributed by atoms with Crippen molar-refractivity contribution in [1.82, 2.24) is 15.1 Å². The lowest BCUT2D eigenvalue weighted by Gasteiger charge is -2.18. The van der Waals surface area contributed by atoms with Crippen molar-refractivity contribution in [2.24, 2.45) is 5.92 Å². The maximum atomic E-state index is 12.6. The highest BCUT2D eigenvalue weighted by molar-refractivity contribution is 7.80. The average Bonchev–Trinajstić information content (AvgIpc) is 3.21. The molecule has 7 nitrogen and oxygen atoms in total. The molecule has 0 saturated heterocycles. The summed E-state index contributed by atoms with van der Waals surface area (Å²) in [5, 5.41) is 10.6. The molecule has 2 heterocycles. The summed E-state index contributed by atoms with van der Waals surface area (Å²) in [6.07, 6.45) is 4.35. The van der Waals surface area contributed by atoms with Gasteiger partial charge in [0.25, 0.3) is 5.91 Å². The summed E-state index contributed by atoms with van der Waals surface area (Å²) in [4.78, 5) is 26.2. The van der Waals surface area contributed by atoms with Gasteiger partial charge in [-0.05, 0) is 56.8 Å². The quantitative estimate of drug-likeness (QED) is 0.523. The number of aromatic nitrogens is 2. The standard InChI is InChI=1S/C19H23ClN4O3S2/c1-4-24-9-12(20)15(23-24)16(25)21-19(28)22-17-14(18(26)27-5-2)11-7-6-10(3)8-13(11)29-17/h9-10H,4-8H2,1-3H3,(H2,21,22,25,28)/t10-/m1/s1. The molecule has 0 saturated carbocycles. The summed E-state index contributed by atoms with van der Waals surface area (Å²) in [7, 11) is 0. The molecule has 2 N–H and O–H groups in total. The van der Waals surface area contributed by atoms with Gasteiger partial charge in [-0.3, -0.25) is 14.8 Å². The fraction of sp³-hybridized carbons (Fsp3) is 0.474. The highest BCUT2D eigenvalue weighted by Gasteiger charge is 2.29. The number of halogens is 1. The smallest absolute Gasteiger partial charge is 0.341 e. The first kappa shape index (κ1) is 21.7. The van der Waals surface area contributed by atoms with Crippen LogP contribution in [-0.2, 0) is 24.1 Å². The van der Waals surface area contributed by atoms with E-state index in [0.29, 0.717) is 29.6 Å². The third kappa shape index (κ3) is 4.79. The molecule has 2 aromatic heterocycles. The lowest BCUT2D eigenvalue weighted by molar-refractivity contribution is 0.0526. The molecule has 0 aliphatic heterocycles. The molecule has 29 heavy (non-hydrogen) atoms. The molecular weight excluding hydrogens is 432 g/mol. The number of thiocarbonyl (C=S) groups is 1. The summed E-state index contributed by atoms with van der Waals surface area (Å²) < 4.78 is 6.82. The number of nitrogens with one attached hydrogen (secondary N) is 2. The zero-order valence-corrected chi connectivity index (χ0v) is 18.9. The Hall–Kier alpha value is -1.97. The van der Waals surface area contributed by atoms with Gasteiger partial charge in [0.1, 0.15) is 5.00 Å². The second-order valence-electron chi connectivity index (χ2n) is 6.87. The van der Waals surface area contributed by atoms with E-state index in [1.807, 2.05) is 6.92 Å². The van der Waals surface area contributed by atoms with E-state index in [1.54, 1.807) is 17.8 Å². The van der Waals surface area contributed by atoms with Crippen LogP contribution in [0.3, 0.4) is 0 Å². The zero-order chi connectivity index (χ0) is 21.1. The first-order valence-electron chi connectivity index (χ1n) is 9.50. The molecule has 0 unspecified atom stereocenters. The fourth-order valence-corrected chi connectivity index (χ4v) is 5.17. The Morgan fingerprint density at radius 2 is 2.21 bits per heavy atom. The van der Waals surface area contributed by atoms with E-state index in [9.17, 15) is 9.59 Å². The molecule has 1 aliphatic carbocycles. The third-order valence-corrected chi connectivity index (χ3v) is 6.35. The molecule has 0 bridgehead atoms. The summed E-state index contributed by atoms with van der Waals surface area (Å²) >= 11 is 12.9. The summed E-state index contributed by atoms with van der Waals surface area (Å²) in [6.45, 7) is 6.75. The van der Waals surface area contributed by atoms with Gasteiger partial charge in [0.05, 0.1) is 17.2 Å². The van der Waals surface area contributed by atoms with Gasteiger partial charge < -0.3 is 10.1 Å². The summed E-state index contributed by atoms with van der Waals surface area (Å²) in [6, 6.07) is 0. The van der Waals surface area contributed by atoms with Crippen LogP contribution in [0, 0.1) is 5.92 Å². The normalized spacial score (nSPS) is 15.5. The number of esters is 1. The number of rotatable bonds is 5. The van der Waals surface area contributed by atoms with Crippen molar-refractivity contribution in [2.45, 2.75) is 46.6 Å². The van der Waals surface area contributed by atoms with Crippen LogP contribution < -0.4 is 10.6 Å². The van der Waals surface area contributed by atoms with Crippen LogP contribution in [0.1, 0.15) is 58.5 Å². The van der Waals surface area contributed by atoms with E-state index in [2.05, 4.69) is 22.7 Å². The predicted octanol–water partition coefficient (Wildman–Crippen LogP) is 4.05. The van der Waals surface area contributed by atoms with E-state index in [0.717, 1.165) is 29.7 Å². The molecule has 0 radical (unpaired) electrons. The number of nitrogens with zero attached hydrogens (tertiary/aromatic N) is 2. The van der Waals surface area contributed by atoms with Crippen molar-refractivity contribution in [1.29, 1.82) is 0 Å². The van der Waals surface area contributed by atoms with Crippen molar-refractivity contribution in [3.63, 3.8) is 0 Å². The predicted molar refractivity (Wildman–Crippen MR) is 118 cm³/mol. The van der Waals surface area contributed by atoms with Crippen LogP contribution in [0.15, 0.2) is 6.20 Å². The molecule has 0 fully saturated rings. The Morgan fingerprint density at radius 3 is 2.86 bits per heavy atom. The number of thiophene rings is 1. The van der Waals surface area contributed by atoms with Gasteiger partial charge in [0.15, 0.2) is 10.8 Å². The molecule has 1 amide bonds. The lowest BCUT2D eigenvalue weighted by atomic mass is 9.88. The molecule has 0 aromatic carbocycles. The van der Waals surface area contributed by atoms with E-state index >= 15 is 0 Å². The van der Waals surface area contributed by atoms with Crippen molar-refractivity contribution >= 4 is 57.1 Å². The molecule has 2 aromatic rings. The summed E-state index contributed by atoms with van der Waals surface area (Å²) in [5.74, 6) is -0.320. The minimum Gasteiger partial charge on any atom is -0.462 e. The second kappa shape index (κ2) is 9.23. The van der Waals surface area contributed by atoms with E-state index in [1.165, 1.54) is 11.3 Å². The largest absolute Gasteiger partial charge is 0.462 e. The minimum atomic E-state index is -0.507. The number of fused-ring (bicyclic) bond motifs is 1. The number of hydrogen-bond acceptors (Lipinski definition) is 6. The molecular formula is C19H23ClN4O3S2. The summed E-state index contributed by atoms with van der Waals surface area (Å²) in [5.41, 5.74) is 1.64. The number of carbonyl (C=O) groups is 2. The van der Waals surface area contributed by atoms with Gasteiger partial charge in [-0.1, -0.05) is 18.5 Å². The number of hydrogen-bond donors (Lipinski definition) is 2. The molecule has 3 rings (SSSR count). The van der Waals surface area contributed by atoms with Crippen molar-refractivity contribution < 1.29 is 14.3 Å². The third-order valence-electron chi connectivity index (χ3n) is 4.70. The Morgan fingerprint density at radius 1 is 1.45 bits per heavy atom. The molecule has 156 valence electrons. The SMILES string of the molecule is CCOC(=O)c1c(NC(=S)NC(=O)c2nn(CC)cc2Cl)sc2c1CC[C@@H](C)C2. The lowest BCUT2D eigenvalue weighted by Crippen LogP contribution is -2.34. The highest BCUT2D eigenvalue weighted by atomic mass is 35.5. The van der Waals surface area contributed by atoms with Crippen LogP contribution in [0.2, 0.25) is 5.02 Å². The average molecular weight is 455 g/mol. The number of amides is 1. The van der Waals surface area contributed by atoms with Gasteiger partial charge in [0, 0.05) is 17.6 Å². The topological polar surface area (TPSA) is 85.2 Å². The molecule has 10 heteroatoms. The maximum absolute atomic E-state index is 12.6. The van der Waals surface area contributed by atoms with Gasteiger partial charge >= 0.3 is 5.97 Å². The minimum absolute atomic E-state index is 0.0781. The van der Waals surface area contributed by atoms with Gasteiger partial charge in [-0.15, -0.1) is 11.3 Å². The van der Waals surface area contributed by atoms with Crippen molar-refractivity contribution in [3.8, 4) is 0 Å². The van der Waals surface area contributed by atoms with Gasteiger partial charge in [-0.25, -0.2) is 4.79 Å². The Labute approximate surface area is 183 Å². The maximum Gasteiger partial charge on any atom is 0.341 e. The van der Waals surface area contributed by atoms with Gasteiger partial charge in [-0.2, -0.15) is 5.10 Å². The molecule has 0 spiro atoms. The highest BCUT2D eigenvalue weighted by Crippen LogP contribution is 2.40. The Balaban J connectivity index is 1.79. The van der Waals surface area contributed by atoms with E-state index in [-0.39, 0.29) is 21.8 Å². The van der Waals surface area contributed by atoms with E-state index < -0.39 is 5.91 Å². The van der Waals surface area contributed by atoms with Crippen LogP contribution in [0.5, 0.6) is 0 Å². The first-order valence-corrected chi connectivity index (χ1v) is 11.1. The van der Waals surface area contributed by atoms with Gasteiger partial charge in [0.2, 0.25) is 0 Å². The van der Waals surface area contributed by atoms with Crippen LogP contribution >= 0.6 is 35.2 Å². The molecule has 1 aliphatic rings. The number of carbonyl (C=O) groups excluding carboxylic acids is 2. The Kier molecular flexibility index (Phi) is 6.92. The fourth-order valence-electron chi connectivity index (χ4n) is 3.27. The monoisotopic (exact) mass is 454 g/mol. The van der Waals surface area contributed by atoms with Crippen LogP contribution in [0.25, 0.3) is 0 Å². The number of ether oxygens (including phenoxy) is 1. The number of aryl methyl sites for hydroxylation is 1. The van der Waals surface area contributed by atoms with Crippen LogP contribution in [0.4, 0.5) is 5.00 Å². The zero-order valence-electron chi connectivity index (χ0n) is 16.5. The molecule has 1 atom stereocenters.